The molecule has 2 aromatic heterocycles. The number of nitrogens with zero attached hydrogens (tertiary/aromatic N) is 4. The quantitative estimate of drug-likeness (QED) is 0.376. The fourth-order valence-electron chi connectivity index (χ4n) is 3.23. The molecule has 0 saturated carbocycles. The lowest BCUT2D eigenvalue weighted by Crippen LogP contribution is -2.00. The average Bonchev–Trinajstić information content (AvgIpc) is 3.31. The predicted octanol–water partition coefficient (Wildman–Crippen LogP) is 5.63. The van der Waals surface area contributed by atoms with Gasteiger partial charge in [0.05, 0.1) is 12.1 Å². The summed E-state index contributed by atoms with van der Waals surface area (Å²) in [6.07, 6.45) is 0. The van der Waals surface area contributed by atoms with E-state index in [4.69, 9.17) is 9.15 Å². The van der Waals surface area contributed by atoms with E-state index in [0.717, 1.165) is 22.3 Å². The fourth-order valence-corrected chi connectivity index (χ4v) is 3.23. The number of benzene rings is 3. The van der Waals surface area contributed by atoms with Gasteiger partial charge < -0.3 is 14.5 Å². The zero-order valence-corrected chi connectivity index (χ0v) is 17.1. The summed E-state index contributed by atoms with van der Waals surface area (Å²) in [6.45, 7) is 2.55. The number of hydrogen-bond acceptors (Lipinski definition) is 7. The molecule has 0 unspecified atom stereocenters. The van der Waals surface area contributed by atoms with Gasteiger partial charge in [-0.3, -0.25) is 0 Å². The van der Waals surface area contributed by atoms with Gasteiger partial charge in [0.1, 0.15) is 17.4 Å². The number of aromatic nitrogens is 4. The summed E-state index contributed by atoms with van der Waals surface area (Å²) >= 11 is 0. The van der Waals surface area contributed by atoms with Gasteiger partial charge in [-0.1, -0.05) is 12.1 Å². The van der Waals surface area contributed by atoms with Gasteiger partial charge >= 0.3 is 0 Å². The summed E-state index contributed by atoms with van der Waals surface area (Å²) in [4.78, 5) is 9.22. The molecule has 0 amide bonds. The first-order valence-electron chi connectivity index (χ1n) is 10.1. The lowest BCUT2D eigenvalue weighted by atomic mass is 10.2. The van der Waals surface area contributed by atoms with E-state index >= 15 is 0 Å². The molecule has 32 heavy (non-hydrogen) atoms. The second-order valence-electron chi connectivity index (χ2n) is 6.91. The minimum atomic E-state index is -0.337. The highest BCUT2D eigenvalue weighted by Crippen LogP contribution is 2.29. The molecule has 5 aromatic rings. The van der Waals surface area contributed by atoms with E-state index in [-0.39, 0.29) is 23.4 Å². The van der Waals surface area contributed by atoms with Crippen molar-refractivity contribution in [2.45, 2.75) is 6.92 Å². The van der Waals surface area contributed by atoms with Crippen LogP contribution in [0, 0.1) is 5.82 Å². The number of ether oxygens (including phenoxy) is 1. The average molecular weight is 427 g/mol. The molecule has 0 bridgehead atoms. The summed E-state index contributed by atoms with van der Waals surface area (Å²) in [6, 6.07) is 21.1. The molecule has 1 N–H and O–H groups in total. The predicted molar refractivity (Wildman–Crippen MR) is 119 cm³/mol. The summed E-state index contributed by atoms with van der Waals surface area (Å²) in [5.74, 6) is 1.79. The molecule has 3 aromatic carbocycles. The van der Waals surface area contributed by atoms with E-state index in [0.29, 0.717) is 18.0 Å². The van der Waals surface area contributed by atoms with E-state index in [2.05, 4.69) is 25.5 Å². The van der Waals surface area contributed by atoms with Gasteiger partial charge in [0.25, 0.3) is 5.89 Å². The Bertz CT molecular complexity index is 1370. The van der Waals surface area contributed by atoms with E-state index in [1.54, 1.807) is 12.1 Å². The third kappa shape index (κ3) is 3.98. The smallest absolute Gasteiger partial charge is 0.286 e. The maximum absolute atomic E-state index is 13.2. The van der Waals surface area contributed by atoms with Crippen LogP contribution < -0.4 is 10.1 Å². The molecule has 0 atom stereocenters. The number of hydrogen-bond donors (Lipinski definition) is 1. The largest absolute Gasteiger partial charge is 0.494 e. The van der Waals surface area contributed by atoms with Gasteiger partial charge in [-0.2, -0.15) is 0 Å². The molecular weight excluding hydrogens is 409 g/mol. The van der Waals surface area contributed by atoms with Gasteiger partial charge in [0.2, 0.25) is 11.7 Å². The summed E-state index contributed by atoms with van der Waals surface area (Å²) in [7, 11) is 0. The Morgan fingerprint density at radius 3 is 2.41 bits per heavy atom. The number of anilines is 2. The second kappa shape index (κ2) is 8.43. The van der Waals surface area contributed by atoms with E-state index in [1.807, 2.05) is 55.5 Å². The summed E-state index contributed by atoms with van der Waals surface area (Å²) < 4.78 is 24.5. The van der Waals surface area contributed by atoms with Gasteiger partial charge in [0.15, 0.2) is 0 Å². The van der Waals surface area contributed by atoms with Crippen LogP contribution in [0.3, 0.4) is 0 Å². The van der Waals surface area contributed by atoms with Crippen LogP contribution in [0.2, 0.25) is 0 Å². The molecule has 8 heteroatoms. The van der Waals surface area contributed by atoms with Crippen LogP contribution in [0.1, 0.15) is 6.92 Å². The van der Waals surface area contributed by atoms with Crippen LogP contribution in [0.5, 0.6) is 5.75 Å². The molecule has 0 saturated heterocycles. The number of para-hydroxylation sites is 1. The molecule has 0 fully saturated rings. The minimum absolute atomic E-state index is 0.171. The first-order chi connectivity index (χ1) is 15.7. The van der Waals surface area contributed by atoms with E-state index in [1.165, 1.54) is 12.1 Å². The van der Waals surface area contributed by atoms with Crippen molar-refractivity contribution in [3.63, 3.8) is 0 Å². The van der Waals surface area contributed by atoms with Crippen molar-refractivity contribution in [2.24, 2.45) is 0 Å². The maximum Gasteiger partial charge on any atom is 0.286 e. The van der Waals surface area contributed by atoms with Crippen LogP contribution in [-0.4, -0.2) is 26.8 Å². The number of rotatable bonds is 6. The molecule has 158 valence electrons. The van der Waals surface area contributed by atoms with Gasteiger partial charge in [0, 0.05) is 16.6 Å². The Balaban J connectivity index is 1.51. The Morgan fingerprint density at radius 1 is 0.875 bits per heavy atom. The molecular formula is C24H18FN5O2. The zero-order valence-electron chi connectivity index (χ0n) is 17.1. The minimum Gasteiger partial charge on any atom is -0.494 e. The van der Waals surface area contributed by atoms with E-state index in [9.17, 15) is 4.39 Å². The summed E-state index contributed by atoms with van der Waals surface area (Å²) in [5, 5.41) is 12.3. The molecule has 7 nitrogen and oxygen atoms in total. The third-order valence-electron chi connectivity index (χ3n) is 4.74. The molecule has 2 heterocycles. The monoisotopic (exact) mass is 427 g/mol. The normalized spacial score (nSPS) is 10.9. The maximum atomic E-state index is 13.2. The Hall–Kier alpha value is -4.33. The highest BCUT2D eigenvalue weighted by molar-refractivity contribution is 5.91. The number of fused-ring (bicyclic) bond motifs is 1. The van der Waals surface area contributed by atoms with Crippen LogP contribution in [0.4, 0.5) is 15.9 Å². The topological polar surface area (TPSA) is 86.0 Å². The Labute approximate surface area is 182 Å². The Kier molecular flexibility index (Phi) is 5.17. The molecule has 5 rings (SSSR count). The van der Waals surface area contributed by atoms with Gasteiger partial charge in [-0.15, -0.1) is 10.2 Å². The highest BCUT2D eigenvalue weighted by atomic mass is 19.1. The van der Waals surface area contributed by atoms with E-state index < -0.39 is 0 Å². The SMILES string of the molecule is CCOc1ccc(Nc2nc(-c3nnc(-c4ccc(F)cc4)o3)nc3ccccc23)cc1. The van der Waals surface area contributed by atoms with Crippen molar-refractivity contribution in [1.82, 2.24) is 20.2 Å². The van der Waals surface area contributed by atoms with Crippen LogP contribution >= 0.6 is 0 Å². The van der Waals surface area contributed by atoms with Gasteiger partial charge in [-0.05, 0) is 67.6 Å². The fraction of sp³-hybridized carbons (Fsp3) is 0.0833. The van der Waals surface area contributed by atoms with Crippen LogP contribution in [0.25, 0.3) is 34.1 Å². The lowest BCUT2D eigenvalue weighted by Gasteiger charge is -2.10. The van der Waals surface area contributed by atoms with Crippen molar-refractivity contribution in [1.29, 1.82) is 0 Å². The molecule has 0 spiro atoms. The van der Waals surface area contributed by atoms with Crippen molar-refractivity contribution < 1.29 is 13.5 Å². The van der Waals surface area contributed by atoms with Crippen molar-refractivity contribution in [3.05, 3.63) is 78.6 Å². The molecule has 0 radical (unpaired) electrons. The lowest BCUT2D eigenvalue weighted by molar-refractivity contribution is 0.340. The van der Waals surface area contributed by atoms with Crippen molar-refractivity contribution in [3.8, 4) is 28.9 Å². The first kappa shape index (κ1) is 19.6. The van der Waals surface area contributed by atoms with Crippen LogP contribution in [0.15, 0.2) is 77.2 Å². The van der Waals surface area contributed by atoms with Crippen molar-refractivity contribution in [2.75, 3.05) is 11.9 Å². The molecule has 0 aliphatic heterocycles. The molecule has 0 aliphatic rings. The first-order valence-corrected chi connectivity index (χ1v) is 10.1. The molecule has 0 aliphatic carbocycles. The number of halogens is 1. The second-order valence-corrected chi connectivity index (χ2v) is 6.91. The Morgan fingerprint density at radius 2 is 1.62 bits per heavy atom. The summed E-state index contributed by atoms with van der Waals surface area (Å²) in [5.41, 5.74) is 2.19. The van der Waals surface area contributed by atoms with Gasteiger partial charge in [-0.25, -0.2) is 14.4 Å². The zero-order chi connectivity index (χ0) is 21.9. The standard InChI is InChI=1S/C24H18FN5O2/c1-2-31-18-13-11-17(12-14-18)26-21-19-5-3-4-6-20(19)27-22(28-21)24-30-29-23(32-24)15-7-9-16(25)10-8-15/h3-14H,2H2,1H3,(H,26,27,28). The van der Waals surface area contributed by atoms with Crippen LogP contribution in [-0.2, 0) is 0 Å². The third-order valence-corrected chi connectivity index (χ3v) is 4.74. The highest BCUT2D eigenvalue weighted by Gasteiger charge is 2.16. The van der Waals surface area contributed by atoms with Crippen molar-refractivity contribution >= 4 is 22.4 Å². The number of nitrogens with one attached hydrogen (secondary N) is 1.